The third-order valence-corrected chi connectivity index (χ3v) is 5.51. The van der Waals surface area contributed by atoms with Crippen LogP contribution in [-0.2, 0) is 4.79 Å². The van der Waals surface area contributed by atoms with Gasteiger partial charge in [0.2, 0.25) is 5.96 Å². The molecular formula is C16H25N7O2. The number of carbonyl (C=O) groups is 2. The van der Waals surface area contributed by atoms with E-state index in [0.29, 0.717) is 0 Å². The molecule has 3 amide bonds. The maximum Gasteiger partial charge on any atom is 0.325 e. The molecular weight excluding hydrogens is 322 g/mol. The summed E-state index contributed by atoms with van der Waals surface area (Å²) in [5.41, 5.74) is 1.08. The summed E-state index contributed by atoms with van der Waals surface area (Å²) in [5.74, 6) is 0.496. The van der Waals surface area contributed by atoms with Crippen LogP contribution in [0.5, 0.6) is 0 Å². The third kappa shape index (κ3) is 2.67. The number of imide groups is 1. The lowest BCUT2D eigenvalue weighted by Crippen LogP contribution is -2.62. The number of fused-ring (bicyclic) bond motifs is 3. The van der Waals surface area contributed by atoms with Gasteiger partial charge in [-0.3, -0.25) is 15.0 Å². The van der Waals surface area contributed by atoms with Crippen LogP contribution in [0.2, 0.25) is 0 Å². The number of aliphatic imine (C=N–C) groups is 1. The van der Waals surface area contributed by atoms with Crippen LogP contribution >= 0.6 is 0 Å². The molecule has 2 atom stereocenters. The van der Waals surface area contributed by atoms with Crippen molar-refractivity contribution in [2.24, 2.45) is 4.99 Å². The summed E-state index contributed by atoms with van der Waals surface area (Å²) < 4.78 is 0. The summed E-state index contributed by atoms with van der Waals surface area (Å²) in [7, 11) is 3.83. The number of allylic oxidation sites excluding steroid dienone is 1. The molecule has 4 rings (SSSR count). The number of hydrogen-bond acceptors (Lipinski definition) is 7. The minimum absolute atomic E-state index is 0.281. The summed E-state index contributed by atoms with van der Waals surface area (Å²) in [6, 6.07) is -0.859. The van der Waals surface area contributed by atoms with Crippen molar-refractivity contribution in [3.63, 3.8) is 0 Å². The Labute approximate surface area is 147 Å². The van der Waals surface area contributed by atoms with Gasteiger partial charge in [-0.25, -0.2) is 9.79 Å². The molecule has 9 nitrogen and oxygen atoms in total. The van der Waals surface area contributed by atoms with Gasteiger partial charge in [0.15, 0.2) is 12.2 Å². The van der Waals surface area contributed by atoms with Crippen molar-refractivity contribution >= 4 is 17.9 Å². The number of likely N-dealkylation sites (N-methyl/N-ethyl adjacent to an activating group) is 2. The zero-order chi connectivity index (χ0) is 17.7. The molecule has 0 spiro atoms. The molecule has 4 heterocycles. The summed E-state index contributed by atoms with van der Waals surface area (Å²) in [6.45, 7) is 8.18. The van der Waals surface area contributed by atoms with Gasteiger partial charge in [0.25, 0.3) is 5.91 Å². The summed E-state index contributed by atoms with van der Waals surface area (Å²) in [5, 5.41) is 2.40. The maximum atomic E-state index is 12.3. The van der Waals surface area contributed by atoms with Crippen LogP contribution in [0.4, 0.5) is 4.79 Å². The SMILES string of the molecule is CC1=CN2C(=NC3C2C(=O)NC(=O)N3C)N1CCN1CCN(C)CC1. The number of nitrogens with zero attached hydrogens (tertiary/aromatic N) is 6. The molecule has 9 heteroatoms. The van der Waals surface area contributed by atoms with Crippen LogP contribution in [0.1, 0.15) is 6.92 Å². The molecule has 2 saturated heterocycles. The Morgan fingerprint density at radius 1 is 1.16 bits per heavy atom. The Kier molecular flexibility index (Phi) is 3.92. The fourth-order valence-corrected chi connectivity index (χ4v) is 3.84. The maximum absolute atomic E-state index is 12.3. The highest BCUT2D eigenvalue weighted by Crippen LogP contribution is 2.31. The van der Waals surface area contributed by atoms with Crippen LogP contribution in [0.15, 0.2) is 16.9 Å². The van der Waals surface area contributed by atoms with Crippen LogP contribution in [0.25, 0.3) is 0 Å². The molecule has 0 bridgehead atoms. The highest BCUT2D eigenvalue weighted by molar-refractivity contribution is 6.04. The van der Waals surface area contributed by atoms with Gasteiger partial charge >= 0.3 is 6.03 Å². The Morgan fingerprint density at radius 3 is 2.60 bits per heavy atom. The van der Waals surface area contributed by atoms with Gasteiger partial charge in [-0.2, -0.15) is 0 Å². The average molecular weight is 347 g/mol. The predicted octanol–water partition coefficient (Wildman–Crippen LogP) is -1.04. The zero-order valence-electron chi connectivity index (χ0n) is 15.0. The summed E-state index contributed by atoms with van der Waals surface area (Å²) in [6.07, 6.45) is 1.52. The zero-order valence-corrected chi connectivity index (χ0v) is 15.0. The molecule has 0 saturated carbocycles. The number of hydrogen-bond donors (Lipinski definition) is 1. The van der Waals surface area contributed by atoms with E-state index in [9.17, 15) is 9.59 Å². The first-order valence-corrected chi connectivity index (χ1v) is 8.76. The second-order valence-corrected chi connectivity index (χ2v) is 7.17. The first-order chi connectivity index (χ1) is 12.0. The van der Waals surface area contributed by atoms with Gasteiger partial charge < -0.3 is 19.6 Å². The quantitative estimate of drug-likeness (QED) is 0.703. The summed E-state index contributed by atoms with van der Waals surface area (Å²) >= 11 is 0. The van der Waals surface area contributed by atoms with Gasteiger partial charge in [0.05, 0.1) is 0 Å². The lowest BCUT2D eigenvalue weighted by atomic mass is 10.1. The molecule has 4 aliphatic rings. The minimum atomic E-state index is -0.471. The number of rotatable bonds is 3. The van der Waals surface area contributed by atoms with E-state index < -0.39 is 12.2 Å². The number of urea groups is 1. The van der Waals surface area contributed by atoms with Gasteiger partial charge in [0, 0.05) is 58.2 Å². The van der Waals surface area contributed by atoms with Crippen molar-refractivity contribution in [1.29, 1.82) is 0 Å². The Balaban J connectivity index is 1.47. The largest absolute Gasteiger partial charge is 0.325 e. The van der Waals surface area contributed by atoms with Crippen molar-refractivity contribution in [3.8, 4) is 0 Å². The van der Waals surface area contributed by atoms with E-state index in [2.05, 4.69) is 27.1 Å². The Hall–Kier alpha value is -2.13. The molecule has 2 fully saturated rings. The molecule has 25 heavy (non-hydrogen) atoms. The molecule has 0 aromatic carbocycles. The fourth-order valence-electron chi connectivity index (χ4n) is 3.84. The van der Waals surface area contributed by atoms with Crippen LogP contribution in [-0.4, -0.2) is 108 Å². The average Bonchev–Trinajstić information content (AvgIpc) is 3.08. The van der Waals surface area contributed by atoms with Gasteiger partial charge in [-0.1, -0.05) is 0 Å². The first-order valence-electron chi connectivity index (χ1n) is 8.76. The fraction of sp³-hybridized carbons (Fsp3) is 0.688. The molecule has 0 aromatic heterocycles. The Morgan fingerprint density at radius 2 is 1.88 bits per heavy atom. The van der Waals surface area contributed by atoms with Crippen molar-refractivity contribution < 1.29 is 9.59 Å². The highest BCUT2D eigenvalue weighted by atomic mass is 16.2. The smallest absolute Gasteiger partial charge is 0.313 e. The van der Waals surface area contributed by atoms with E-state index in [1.54, 1.807) is 7.05 Å². The lowest BCUT2D eigenvalue weighted by molar-refractivity contribution is -0.126. The second kappa shape index (κ2) is 5.99. The second-order valence-electron chi connectivity index (χ2n) is 7.17. The first kappa shape index (κ1) is 16.3. The minimum Gasteiger partial charge on any atom is -0.313 e. The lowest BCUT2D eigenvalue weighted by Gasteiger charge is -2.34. The molecule has 0 aromatic rings. The predicted molar refractivity (Wildman–Crippen MR) is 92.6 cm³/mol. The number of piperazine rings is 1. The normalized spacial score (nSPS) is 30.3. The van der Waals surface area contributed by atoms with E-state index in [-0.39, 0.29) is 11.9 Å². The number of carbonyl (C=O) groups excluding carboxylic acids is 2. The van der Waals surface area contributed by atoms with Crippen molar-refractivity contribution in [1.82, 2.24) is 29.8 Å². The molecule has 2 unspecified atom stereocenters. The third-order valence-electron chi connectivity index (χ3n) is 5.51. The van der Waals surface area contributed by atoms with Crippen LogP contribution in [0, 0.1) is 0 Å². The summed E-state index contributed by atoms with van der Waals surface area (Å²) in [4.78, 5) is 39.2. The van der Waals surface area contributed by atoms with E-state index in [1.165, 1.54) is 4.90 Å². The van der Waals surface area contributed by atoms with Crippen LogP contribution < -0.4 is 5.32 Å². The topological polar surface area (TPSA) is 74.7 Å². The van der Waals surface area contributed by atoms with E-state index in [4.69, 9.17) is 4.99 Å². The number of guanidine groups is 1. The van der Waals surface area contributed by atoms with Crippen molar-refractivity contribution in [3.05, 3.63) is 11.9 Å². The van der Waals surface area contributed by atoms with Gasteiger partial charge in [-0.15, -0.1) is 0 Å². The van der Waals surface area contributed by atoms with Gasteiger partial charge in [-0.05, 0) is 14.0 Å². The monoisotopic (exact) mass is 347 g/mol. The molecule has 136 valence electrons. The van der Waals surface area contributed by atoms with Crippen molar-refractivity contribution in [2.75, 3.05) is 53.4 Å². The van der Waals surface area contributed by atoms with E-state index >= 15 is 0 Å². The van der Waals surface area contributed by atoms with Crippen molar-refractivity contribution in [2.45, 2.75) is 19.1 Å². The van der Waals surface area contributed by atoms with Crippen LogP contribution in [0.3, 0.4) is 0 Å². The molecule has 0 aliphatic carbocycles. The Bertz CT molecular complexity index is 653. The number of amides is 3. The molecule has 4 aliphatic heterocycles. The number of nitrogens with one attached hydrogen (secondary N) is 1. The highest BCUT2D eigenvalue weighted by Gasteiger charge is 2.51. The van der Waals surface area contributed by atoms with Gasteiger partial charge in [0.1, 0.15) is 0 Å². The molecule has 0 radical (unpaired) electrons. The molecule has 1 N–H and O–H groups in total. The standard InChI is InChI=1S/C16H25N7O2/c1-11-10-23-12-13(20(3)16(25)18-14(12)24)17-15(23)22(11)9-8-21-6-4-19(2)5-7-21/h10,12-13H,4-9H2,1-3H3,(H,18,24,25). The van der Waals surface area contributed by atoms with E-state index in [1.807, 2.05) is 18.0 Å². The van der Waals surface area contributed by atoms with E-state index in [0.717, 1.165) is 50.9 Å².